The van der Waals surface area contributed by atoms with Gasteiger partial charge in [0, 0.05) is 22.6 Å². The fourth-order valence-corrected chi connectivity index (χ4v) is 2.47. The normalized spacial score (nSPS) is 10.5. The zero-order valence-corrected chi connectivity index (χ0v) is 11.5. The minimum atomic E-state index is 0.0484. The summed E-state index contributed by atoms with van der Waals surface area (Å²) >= 11 is 3.45. The third-order valence-corrected chi connectivity index (χ3v) is 3.32. The van der Waals surface area contributed by atoms with Crippen LogP contribution in [0.1, 0.15) is 12.5 Å². The van der Waals surface area contributed by atoms with Crippen molar-refractivity contribution in [3.05, 3.63) is 56.8 Å². The van der Waals surface area contributed by atoms with Crippen LogP contribution in [0.15, 0.2) is 45.7 Å². The molecule has 88 valence electrons. The van der Waals surface area contributed by atoms with Crippen LogP contribution in [0.25, 0.3) is 11.3 Å². The van der Waals surface area contributed by atoms with Gasteiger partial charge in [-0.15, -0.1) is 0 Å². The number of hydrogen-bond acceptors (Lipinski definition) is 1. The maximum atomic E-state index is 11.8. The minimum absolute atomic E-state index is 0.0484. The standard InChI is InChI=1S/C14H14BrNO/c1-3-16-13(5-4-6-14(16)17)12-8-7-11(15)9-10(12)2/h4-9H,3H2,1-2H3. The van der Waals surface area contributed by atoms with Gasteiger partial charge < -0.3 is 4.57 Å². The van der Waals surface area contributed by atoms with Crippen LogP contribution in [0.4, 0.5) is 0 Å². The first-order valence-electron chi connectivity index (χ1n) is 5.60. The molecule has 0 saturated carbocycles. The topological polar surface area (TPSA) is 22.0 Å². The molecule has 2 nitrogen and oxygen atoms in total. The Morgan fingerprint density at radius 3 is 2.65 bits per heavy atom. The van der Waals surface area contributed by atoms with E-state index in [2.05, 4.69) is 28.9 Å². The second-order valence-corrected chi connectivity index (χ2v) is 4.87. The van der Waals surface area contributed by atoms with Gasteiger partial charge in [0.15, 0.2) is 0 Å². The smallest absolute Gasteiger partial charge is 0.250 e. The van der Waals surface area contributed by atoms with Gasteiger partial charge in [-0.1, -0.05) is 28.1 Å². The summed E-state index contributed by atoms with van der Waals surface area (Å²) in [6.07, 6.45) is 0. The molecule has 2 rings (SSSR count). The van der Waals surface area contributed by atoms with E-state index in [9.17, 15) is 4.79 Å². The van der Waals surface area contributed by atoms with E-state index in [1.165, 1.54) is 0 Å². The highest BCUT2D eigenvalue weighted by atomic mass is 79.9. The quantitative estimate of drug-likeness (QED) is 0.829. The monoisotopic (exact) mass is 291 g/mol. The largest absolute Gasteiger partial charge is 0.309 e. The summed E-state index contributed by atoms with van der Waals surface area (Å²) in [5, 5.41) is 0. The Morgan fingerprint density at radius 2 is 2.00 bits per heavy atom. The molecule has 0 radical (unpaired) electrons. The van der Waals surface area contributed by atoms with Crippen LogP contribution in [0.5, 0.6) is 0 Å². The van der Waals surface area contributed by atoms with Crippen LogP contribution in [0.2, 0.25) is 0 Å². The molecule has 0 bridgehead atoms. The minimum Gasteiger partial charge on any atom is -0.309 e. The average Bonchev–Trinajstić information content (AvgIpc) is 2.29. The van der Waals surface area contributed by atoms with Crippen molar-refractivity contribution in [1.29, 1.82) is 0 Å². The number of benzene rings is 1. The predicted octanol–water partition coefficient (Wildman–Crippen LogP) is 3.61. The zero-order chi connectivity index (χ0) is 12.4. The van der Waals surface area contributed by atoms with E-state index in [4.69, 9.17) is 0 Å². The van der Waals surface area contributed by atoms with E-state index >= 15 is 0 Å². The molecule has 0 spiro atoms. The van der Waals surface area contributed by atoms with Gasteiger partial charge in [0.1, 0.15) is 0 Å². The van der Waals surface area contributed by atoms with Gasteiger partial charge in [0.2, 0.25) is 0 Å². The molecule has 17 heavy (non-hydrogen) atoms. The second kappa shape index (κ2) is 4.88. The fourth-order valence-electron chi connectivity index (χ4n) is 2.00. The highest BCUT2D eigenvalue weighted by molar-refractivity contribution is 9.10. The van der Waals surface area contributed by atoms with Gasteiger partial charge in [-0.05, 0) is 37.6 Å². The number of nitrogens with zero attached hydrogens (tertiary/aromatic N) is 1. The number of aromatic nitrogens is 1. The molecule has 0 fully saturated rings. The van der Waals surface area contributed by atoms with Gasteiger partial charge in [0.25, 0.3) is 5.56 Å². The first-order valence-corrected chi connectivity index (χ1v) is 6.39. The SMILES string of the molecule is CCn1c(-c2ccc(Br)cc2C)cccc1=O. The number of hydrogen-bond donors (Lipinski definition) is 0. The molecular weight excluding hydrogens is 278 g/mol. The Labute approximate surface area is 109 Å². The van der Waals surface area contributed by atoms with E-state index in [1.54, 1.807) is 10.6 Å². The van der Waals surface area contributed by atoms with Crippen LogP contribution in [-0.4, -0.2) is 4.57 Å². The van der Waals surface area contributed by atoms with Crippen molar-refractivity contribution < 1.29 is 0 Å². The molecule has 0 amide bonds. The maximum Gasteiger partial charge on any atom is 0.250 e. The van der Waals surface area contributed by atoms with Gasteiger partial charge in [-0.2, -0.15) is 0 Å². The zero-order valence-electron chi connectivity index (χ0n) is 9.90. The highest BCUT2D eigenvalue weighted by Crippen LogP contribution is 2.25. The molecule has 2 aromatic rings. The number of aryl methyl sites for hydroxylation is 1. The molecule has 0 aliphatic heterocycles. The lowest BCUT2D eigenvalue weighted by Crippen LogP contribution is -2.19. The lowest BCUT2D eigenvalue weighted by atomic mass is 10.0. The molecule has 0 aliphatic carbocycles. The summed E-state index contributed by atoms with van der Waals surface area (Å²) in [5.74, 6) is 0. The number of halogens is 1. The summed E-state index contributed by atoms with van der Waals surface area (Å²) in [6.45, 7) is 4.72. The molecule has 1 heterocycles. The van der Waals surface area contributed by atoms with E-state index in [-0.39, 0.29) is 5.56 Å². The third-order valence-electron chi connectivity index (χ3n) is 2.83. The molecule has 3 heteroatoms. The molecule has 1 aromatic heterocycles. The van der Waals surface area contributed by atoms with Crippen molar-refractivity contribution in [2.75, 3.05) is 0 Å². The van der Waals surface area contributed by atoms with Crippen LogP contribution >= 0.6 is 15.9 Å². The first-order chi connectivity index (χ1) is 8.13. The van der Waals surface area contributed by atoms with E-state index in [0.29, 0.717) is 6.54 Å². The van der Waals surface area contributed by atoms with Gasteiger partial charge in [0.05, 0.1) is 5.69 Å². The second-order valence-electron chi connectivity index (χ2n) is 3.95. The molecule has 0 unspecified atom stereocenters. The molecule has 0 N–H and O–H groups in total. The highest BCUT2D eigenvalue weighted by Gasteiger charge is 2.07. The van der Waals surface area contributed by atoms with Crippen molar-refractivity contribution in [1.82, 2.24) is 4.57 Å². The summed E-state index contributed by atoms with van der Waals surface area (Å²) in [6, 6.07) is 11.5. The molecule has 0 saturated heterocycles. The summed E-state index contributed by atoms with van der Waals surface area (Å²) < 4.78 is 2.84. The van der Waals surface area contributed by atoms with E-state index < -0.39 is 0 Å². The number of pyridine rings is 1. The Morgan fingerprint density at radius 1 is 1.24 bits per heavy atom. The Kier molecular flexibility index (Phi) is 3.48. The van der Waals surface area contributed by atoms with Crippen LogP contribution in [-0.2, 0) is 6.54 Å². The Balaban J connectivity index is 2.68. The fraction of sp³-hybridized carbons (Fsp3) is 0.214. The number of rotatable bonds is 2. The average molecular weight is 292 g/mol. The van der Waals surface area contributed by atoms with Crippen molar-refractivity contribution >= 4 is 15.9 Å². The summed E-state index contributed by atoms with van der Waals surface area (Å²) in [4.78, 5) is 11.8. The van der Waals surface area contributed by atoms with Crippen LogP contribution < -0.4 is 5.56 Å². The summed E-state index contributed by atoms with van der Waals surface area (Å²) in [7, 11) is 0. The summed E-state index contributed by atoms with van der Waals surface area (Å²) in [5.41, 5.74) is 3.29. The van der Waals surface area contributed by atoms with Crippen molar-refractivity contribution in [3.63, 3.8) is 0 Å². The van der Waals surface area contributed by atoms with Gasteiger partial charge >= 0.3 is 0 Å². The third kappa shape index (κ3) is 2.34. The van der Waals surface area contributed by atoms with E-state index in [1.807, 2.05) is 31.2 Å². The maximum absolute atomic E-state index is 11.8. The molecule has 0 aliphatic rings. The lowest BCUT2D eigenvalue weighted by molar-refractivity contribution is 0.735. The van der Waals surface area contributed by atoms with Crippen LogP contribution in [0.3, 0.4) is 0 Å². The Bertz CT molecular complexity index is 601. The predicted molar refractivity (Wildman–Crippen MR) is 74.2 cm³/mol. The molecular formula is C14H14BrNO. The Hall–Kier alpha value is -1.35. The first kappa shape index (κ1) is 12.1. The lowest BCUT2D eigenvalue weighted by Gasteiger charge is -2.12. The van der Waals surface area contributed by atoms with E-state index in [0.717, 1.165) is 21.3 Å². The van der Waals surface area contributed by atoms with Crippen molar-refractivity contribution in [3.8, 4) is 11.3 Å². The van der Waals surface area contributed by atoms with Gasteiger partial charge in [-0.3, -0.25) is 4.79 Å². The molecule has 1 aromatic carbocycles. The van der Waals surface area contributed by atoms with Crippen molar-refractivity contribution in [2.45, 2.75) is 20.4 Å². The van der Waals surface area contributed by atoms with Crippen LogP contribution in [0, 0.1) is 6.92 Å². The molecule has 0 atom stereocenters. The van der Waals surface area contributed by atoms with Crippen molar-refractivity contribution in [2.24, 2.45) is 0 Å². The van der Waals surface area contributed by atoms with Gasteiger partial charge in [-0.25, -0.2) is 0 Å².